The smallest absolute Gasteiger partial charge is 0.243 e. The molecular formula is C22H28N2O3S2. The van der Waals surface area contributed by atoms with E-state index in [0.29, 0.717) is 24.4 Å². The first-order valence-electron chi connectivity index (χ1n) is 9.93. The second kappa shape index (κ2) is 10.3. The molecule has 0 spiro atoms. The molecule has 1 aliphatic rings. The molecule has 2 aromatic carbocycles. The van der Waals surface area contributed by atoms with E-state index in [1.54, 1.807) is 36.0 Å². The van der Waals surface area contributed by atoms with Gasteiger partial charge in [0.15, 0.2) is 0 Å². The summed E-state index contributed by atoms with van der Waals surface area (Å²) in [4.78, 5) is 12.8. The van der Waals surface area contributed by atoms with E-state index in [4.69, 9.17) is 0 Å². The molecular weight excluding hydrogens is 404 g/mol. The van der Waals surface area contributed by atoms with Crippen molar-refractivity contribution in [2.24, 2.45) is 5.92 Å². The van der Waals surface area contributed by atoms with E-state index in [1.165, 1.54) is 9.87 Å². The van der Waals surface area contributed by atoms with Crippen LogP contribution in [0.15, 0.2) is 59.5 Å². The Labute approximate surface area is 177 Å². The Bertz CT molecular complexity index is 899. The van der Waals surface area contributed by atoms with Gasteiger partial charge in [0.25, 0.3) is 0 Å². The molecule has 29 heavy (non-hydrogen) atoms. The Morgan fingerprint density at radius 1 is 1.14 bits per heavy atom. The number of aryl methyl sites for hydroxylation is 1. The first-order chi connectivity index (χ1) is 14.0. The van der Waals surface area contributed by atoms with Gasteiger partial charge in [-0.15, -0.1) is 0 Å². The Hall–Kier alpha value is -1.83. The van der Waals surface area contributed by atoms with Crippen LogP contribution in [0.25, 0.3) is 0 Å². The summed E-state index contributed by atoms with van der Waals surface area (Å²) >= 11 is 1.78. The van der Waals surface area contributed by atoms with Crippen molar-refractivity contribution in [1.82, 2.24) is 9.62 Å². The van der Waals surface area contributed by atoms with Gasteiger partial charge in [0.05, 0.1) is 10.8 Å². The van der Waals surface area contributed by atoms with Gasteiger partial charge in [0.1, 0.15) is 0 Å². The van der Waals surface area contributed by atoms with Crippen molar-refractivity contribution in [3.05, 3.63) is 65.7 Å². The number of nitrogens with one attached hydrogen (secondary N) is 1. The third-order valence-corrected chi connectivity index (χ3v) is 7.98. The van der Waals surface area contributed by atoms with Crippen LogP contribution in [0, 0.1) is 12.8 Å². The van der Waals surface area contributed by atoms with Crippen LogP contribution < -0.4 is 5.32 Å². The minimum atomic E-state index is -3.56. The molecule has 1 saturated heterocycles. The van der Waals surface area contributed by atoms with Crippen LogP contribution >= 0.6 is 11.8 Å². The van der Waals surface area contributed by atoms with E-state index < -0.39 is 10.0 Å². The summed E-state index contributed by atoms with van der Waals surface area (Å²) in [6.45, 7) is 3.24. The number of amides is 1. The van der Waals surface area contributed by atoms with Gasteiger partial charge in [-0.1, -0.05) is 48.0 Å². The average Bonchev–Trinajstić information content (AvgIpc) is 2.74. The zero-order chi connectivity index (χ0) is 20.7. The first kappa shape index (κ1) is 21.9. The van der Waals surface area contributed by atoms with E-state index in [2.05, 4.69) is 17.4 Å². The lowest BCUT2D eigenvalue weighted by atomic mass is 9.99. The van der Waals surface area contributed by atoms with Crippen LogP contribution in [0.4, 0.5) is 0 Å². The number of rotatable bonds is 8. The molecule has 2 aromatic rings. The summed E-state index contributed by atoms with van der Waals surface area (Å²) in [6.07, 6.45) is 1.43. The van der Waals surface area contributed by atoms with E-state index in [1.807, 2.05) is 25.1 Å². The molecule has 1 N–H and O–H groups in total. The molecule has 0 aromatic heterocycles. The minimum absolute atomic E-state index is 0.0471. The van der Waals surface area contributed by atoms with E-state index in [-0.39, 0.29) is 18.4 Å². The van der Waals surface area contributed by atoms with Crippen molar-refractivity contribution in [3.63, 3.8) is 0 Å². The molecule has 0 aliphatic carbocycles. The Balaban J connectivity index is 1.47. The van der Waals surface area contributed by atoms with E-state index in [0.717, 1.165) is 23.5 Å². The molecule has 7 heteroatoms. The number of nitrogens with zero attached hydrogens (tertiary/aromatic N) is 1. The number of carbonyl (C=O) groups excluding carboxylic acids is 1. The normalized spacial score (nSPS) is 17.8. The summed E-state index contributed by atoms with van der Waals surface area (Å²) in [5.41, 5.74) is 2.29. The first-order valence-corrected chi connectivity index (χ1v) is 12.5. The second-order valence-corrected chi connectivity index (χ2v) is 10.4. The zero-order valence-electron chi connectivity index (χ0n) is 16.7. The molecule has 156 valence electrons. The maximum absolute atomic E-state index is 12.9. The van der Waals surface area contributed by atoms with Crippen molar-refractivity contribution in [2.45, 2.75) is 30.4 Å². The molecule has 1 unspecified atom stereocenters. The topological polar surface area (TPSA) is 66.5 Å². The van der Waals surface area contributed by atoms with E-state index in [9.17, 15) is 13.2 Å². The van der Waals surface area contributed by atoms with Gasteiger partial charge in [-0.2, -0.15) is 16.1 Å². The number of hydrogen-bond acceptors (Lipinski definition) is 4. The number of piperidine rings is 1. The van der Waals surface area contributed by atoms with Crippen molar-refractivity contribution < 1.29 is 13.2 Å². The van der Waals surface area contributed by atoms with Gasteiger partial charge >= 0.3 is 0 Å². The Kier molecular flexibility index (Phi) is 7.75. The van der Waals surface area contributed by atoms with Gasteiger partial charge in [0, 0.05) is 31.1 Å². The van der Waals surface area contributed by atoms with Crippen molar-refractivity contribution in [3.8, 4) is 0 Å². The Morgan fingerprint density at radius 3 is 2.59 bits per heavy atom. The number of hydrogen-bond donors (Lipinski definition) is 1. The van der Waals surface area contributed by atoms with Gasteiger partial charge in [0.2, 0.25) is 15.9 Å². The standard InChI is InChI=1S/C22H28N2O3S2/c1-18-9-11-21(12-10-18)29(26,27)24-14-5-8-20(16-24)22(25)23-13-15-28-17-19-6-3-2-4-7-19/h2-4,6-7,9-12,20H,5,8,13-17H2,1H3,(H,23,25). The fourth-order valence-electron chi connectivity index (χ4n) is 3.39. The lowest BCUT2D eigenvalue weighted by Gasteiger charge is -2.31. The lowest BCUT2D eigenvalue weighted by molar-refractivity contribution is -0.125. The third-order valence-electron chi connectivity index (χ3n) is 5.07. The lowest BCUT2D eigenvalue weighted by Crippen LogP contribution is -2.45. The molecule has 1 fully saturated rings. The summed E-state index contributed by atoms with van der Waals surface area (Å²) in [5.74, 6) is 1.42. The summed E-state index contributed by atoms with van der Waals surface area (Å²) in [6, 6.07) is 17.1. The summed E-state index contributed by atoms with van der Waals surface area (Å²) < 4.78 is 27.2. The average molecular weight is 433 g/mol. The maximum Gasteiger partial charge on any atom is 0.243 e. The van der Waals surface area contributed by atoms with Gasteiger partial charge in [-0.05, 0) is 37.5 Å². The molecule has 5 nitrogen and oxygen atoms in total. The van der Waals surface area contributed by atoms with Crippen LogP contribution in [0.3, 0.4) is 0 Å². The fraction of sp³-hybridized carbons (Fsp3) is 0.409. The van der Waals surface area contributed by atoms with Crippen molar-refractivity contribution in [1.29, 1.82) is 0 Å². The van der Waals surface area contributed by atoms with Crippen molar-refractivity contribution >= 4 is 27.7 Å². The zero-order valence-corrected chi connectivity index (χ0v) is 18.3. The van der Waals surface area contributed by atoms with Gasteiger partial charge in [-0.3, -0.25) is 4.79 Å². The molecule has 1 heterocycles. The molecule has 1 aliphatic heterocycles. The highest BCUT2D eigenvalue weighted by atomic mass is 32.2. The highest BCUT2D eigenvalue weighted by Gasteiger charge is 2.33. The molecule has 0 bridgehead atoms. The molecule has 0 radical (unpaired) electrons. The number of benzene rings is 2. The highest BCUT2D eigenvalue weighted by molar-refractivity contribution is 7.98. The van der Waals surface area contributed by atoms with Crippen LogP contribution in [-0.2, 0) is 20.6 Å². The minimum Gasteiger partial charge on any atom is -0.355 e. The fourth-order valence-corrected chi connectivity index (χ4v) is 5.73. The van der Waals surface area contributed by atoms with Crippen LogP contribution in [0.5, 0.6) is 0 Å². The summed E-state index contributed by atoms with van der Waals surface area (Å²) in [7, 11) is -3.56. The highest BCUT2D eigenvalue weighted by Crippen LogP contribution is 2.24. The quantitative estimate of drug-likeness (QED) is 0.649. The number of sulfonamides is 1. The molecule has 1 amide bonds. The van der Waals surface area contributed by atoms with Crippen LogP contribution in [0.2, 0.25) is 0 Å². The predicted octanol–water partition coefficient (Wildman–Crippen LogP) is 3.45. The van der Waals surface area contributed by atoms with Gasteiger partial charge < -0.3 is 5.32 Å². The second-order valence-electron chi connectivity index (χ2n) is 7.34. The number of thioether (sulfide) groups is 1. The largest absolute Gasteiger partial charge is 0.355 e. The molecule has 0 saturated carbocycles. The van der Waals surface area contributed by atoms with Crippen molar-refractivity contribution in [2.75, 3.05) is 25.4 Å². The molecule has 3 rings (SSSR count). The van der Waals surface area contributed by atoms with E-state index >= 15 is 0 Å². The predicted molar refractivity (Wildman–Crippen MR) is 118 cm³/mol. The summed E-state index contributed by atoms with van der Waals surface area (Å²) in [5, 5.41) is 2.98. The van der Waals surface area contributed by atoms with Crippen LogP contribution in [-0.4, -0.2) is 44.0 Å². The third kappa shape index (κ3) is 6.07. The van der Waals surface area contributed by atoms with Gasteiger partial charge in [-0.25, -0.2) is 8.42 Å². The number of carbonyl (C=O) groups is 1. The Morgan fingerprint density at radius 2 is 1.86 bits per heavy atom. The van der Waals surface area contributed by atoms with Crippen LogP contribution in [0.1, 0.15) is 24.0 Å². The molecule has 1 atom stereocenters. The maximum atomic E-state index is 12.9. The SMILES string of the molecule is Cc1ccc(S(=O)(=O)N2CCCC(C(=O)NCCSCc3ccccc3)C2)cc1. The monoisotopic (exact) mass is 432 g/mol.